The molecule has 0 atom stereocenters. The predicted molar refractivity (Wildman–Crippen MR) is 85.3 cm³/mol. The molecule has 0 bridgehead atoms. The monoisotopic (exact) mass is 281 g/mol. The SMILES string of the molecule is CCc1cc(=O)c2c(C)nn(-c3cc(C)cc(C)c3)c2[nH]1. The Balaban J connectivity index is 2.37. The van der Waals surface area contributed by atoms with Crippen LogP contribution >= 0.6 is 0 Å². The zero-order valence-corrected chi connectivity index (χ0v) is 12.8. The fourth-order valence-electron chi connectivity index (χ4n) is 2.81. The van der Waals surface area contributed by atoms with Crippen molar-refractivity contribution in [1.29, 1.82) is 0 Å². The first-order chi connectivity index (χ1) is 9.99. The number of aromatic nitrogens is 3. The van der Waals surface area contributed by atoms with E-state index < -0.39 is 0 Å². The van der Waals surface area contributed by atoms with Gasteiger partial charge in [0.15, 0.2) is 5.43 Å². The fraction of sp³-hybridized carbons (Fsp3) is 0.294. The highest BCUT2D eigenvalue weighted by molar-refractivity contribution is 5.79. The minimum absolute atomic E-state index is 0.0359. The third-order valence-electron chi connectivity index (χ3n) is 3.72. The Morgan fingerprint density at radius 2 is 1.76 bits per heavy atom. The highest BCUT2D eigenvalue weighted by Gasteiger charge is 2.13. The highest BCUT2D eigenvalue weighted by Crippen LogP contribution is 2.20. The molecule has 1 aromatic carbocycles. The van der Waals surface area contributed by atoms with Gasteiger partial charge in [0.05, 0.1) is 16.8 Å². The van der Waals surface area contributed by atoms with Crippen LogP contribution in [-0.4, -0.2) is 14.8 Å². The van der Waals surface area contributed by atoms with Crippen molar-refractivity contribution < 1.29 is 0 Å². The molecule has 2 heterocycles. The van der Waals surface area contributed by atoms with Crippen LogP contribution in [0.5, 0.6) is 0 Å². The van der Waals surface area contributed by atoms with Gasteiger partial charge in [-0.05, 0) is 50.5 Å². The summed E-state index contributed by atoms with van der Waals surface area (Å²) in [5.41, 5.74) is 5.84. The van der Waals surface area contributed by atoms with Gasteiger partial charge < -0.3 is 4.98 Å². The number of pyridine rings is 1. The van der Waals surface area contributed by atoms with Gasteiger partial charge in [-0.3, -0.25) is 4.79 Å². The second-order valence-electron chi connectivity index (χ2n) is 5.58. The maximum Gasteiger partial charge on any atom is 0.193 e. The summed E-state index contributed by atoms with van der Waals surface area (Å²) in [4.78, 5) is 15.6. The minimum Gasteiger partial charge on any atom is -0.343 e. The van der Waals surface area contributed by atoms with Crippen molar-refractivity contribution in [2.45, 2.75) is 34.1 Å². The molecule has 21 heavy (non-hydrogen) atoms. The molecular formula is C17H19N3O. The van der Waals surface area contributed by atoms with Crippen LogP contribution in [0, 0.1) is 20.8 Å². The van der Waals surface area contributed by atoms with E-state index in [1.54, 1.807) is 6.07 Å². The topological polar surface area (TPSA) is 50.7 Å². The summed E-state index contributed by atoms with van der Waals surface area (Å²) in [5.74, 6) is 0. The lowest BCUT2D eigenvalue weighted by Crippen LogP contribution is -2.06. The smallest absolute Gasteiger partial charge is 0.193 e. The van der Waals surface area contributed by atoms with Crippen molar-refractivity contribution in [1.82, 2.24) is 14.8 Å². The van der Waals surface area contributed by atoms with E-state index in [1.165, 1.54) is 11.1 Å². The molecule has 0 radical (unpaired) electrons. The van der Waals surface area contributed by atoms with Gasteiger partial charge in [0, 0.05) is 11.8 Å². The number of aryl methyl sites for hydroxylation is 4. The van der Waals surface area contributed by atoms with E-state index in [-0.39, 0.29) is 5.43 Å². The zero-order chi connectivity index (χ0) is 15.1. The molecule has 2 aromatic heterocycles. The van der Waals surface area contributed by atoms with Crippen molar-refractivity contribution in [3.63, 3.8) is 0 Å². The molecule has 0 aliphatic carbocycles. The van der Waals surface area contributed by atoms with E-state index in [9.17, 15) is 4.79 Å². The summed E-state index contributed by atoms with van der Waals surface area (Å²) in [6, 6.07) is 7.96. The second-order valence-corrected chi connectivity index (χ2v) is 5.58. The lowest BCUT2D eigenvalue weighted by Gasteiger charge is -2.07. The molecule has 0 spiro atoms. The van der Waals surface area contributed by atoms with E-state index in [2.05, 4.69) is 42.1 Å². The van der Waals surface area contributed by atoms with Gasteiger partial charge in [0.25, 0.3) is 0 Å². The van der Waals surface area contributed by atoms with E-state index in [4.69, 9.17) is 0 Å². The van der Waals surface area contributed by atoms with E-state index >= 15 is 0 Å². The third kappa shape index (κ3) is 2.27. The van der Waals surface area contributed by atoms with Gasteiger partial charge in [-0.15, -0.1) is 0 Å². The van der Waals surface area contributed by atoms with Gasteiger partial charge in [-0.1, -0.05) is 13.0 Å². The van der Waals surface area contributed by atoms with Gasteiger partial charge in [-0.25, -0.2) is 4.68 Å². The number of aromatic amines is 1. The van der Waals surface area contributed by atoms with Crippen molar-refractivity contribution in [2.75, 3.05) is 0 Å². The number of hydrogen-bond donors (Lipinski definition) is 1. The molecular weight excluding hydrogens is 262 g/mol. The number of nitrogens with zero attached hydrogens (tertiary/aromatic N) is 2. The Kier molecular flexibility index (Phi) is 3.16. The van der Waals surface area contributed by atoms with Crippen LogP contribution < -0.4 is 5.43 Å². The molecule has 108 valence electrons. The molecule has 0 unspecified atom stereocenters. The minimum atomic E-state index is 0.0359. The molecule has 0 aliphatic heterocycles. The van der Waals surface area contributed by atoms with E-state index in [0.29, 0.717) is 5.39 Å². The second kappa shape index (κ2) is 4.88. The molecule has 0 saturated carbocycles. The van der Waals surface area contributed by atoms with Gasteiger partial charge in [0.2, 0.25) is 0 Å². The Hall–Kier alpha value is -2.36. The van der Waals surface area contributed by atoms with E-state index in [0.717, 1.165) is 29.1 Å². The molecule has 0 fully saturated rings. The lowest BCUT2D eigenvalue weighted by molar-refractivity contribution is 0.869. The Morgan fingerprint density at radius 3 is 2.38 bits per heavy atom. The van der Waals surface area contributed by atoms with Crippen molar-refractivity contribution in [2.24, 2.45) is 0 Å². The maximum atomic E-state index is 12.3. The van der Waals surface area contributed by atoms with Crippen molar-refractivity contribution in [3.05, 3.63) is 57.0 Å². The van der Waals surface area contributed by atoms with Crippen LogP contribution in [0.3, 0.4) is 0 Å². The standard InChI is InChI=1S/C17H19N3O/c1-5-13-9-15(21)16-12(4)19-20(17(16)18-13)14-7-10(2)6-11(3)8-14/h6-9H,5H2,1-4H3,(H,18,21). The van der Waals surface area contributed by atoms with E-state index in [1.807, 2.05) is 18.5 Å². The average molecular weight is 281 g/mol. The molecule has 1 N–H and O–H groups in total. The Labute approximate surface area is 123 Å². The predicted octanol–water partition coefficient (Wildman–Crippen LogP) is 3.20. The third-order valence-corrected chi connectivity index (χ3v) is 3.72. The lowest BCUT2D eigenvalue weighted by atomic mass is 10.1. The average Bonchev–Trinajstić information content (AvgIpc) is 2.75. The fourth-order valence-corrected chi connectivity index (χ4v) is 2.81. The van der Waals surface area contributed by atoms with Gasteiger partial charge in [-0.2, -0.15) is 5.10 Å². The number of hydrogen-bond acceptors (Lipinski definition) is 2. The largest absolute Gasteiger partial charge is 0.343 e. The summed E-state index contributed by atoms with van der Waals surface area (Å²) in [6.45, 7) is 8.04. The first kappa shape index (κ1) is 13.6. The van der Waals surface area contributed by atoms with Crippen molar-refractivity contribution in [3.8, 4) is 5.69 Å². The summed E-state index contributed by atoms with van der Waals surface area (Å²) in [7, 11) is 0. The molecule has 0 aliphatic rings. The zero-order valence-electron chi connectivity index (χ0n) is 12.8. The van der Waals surface area contributed by atoms with Crippen LogP contribution in [0.25, 0.3) is 16.7 Å². The number of benzene rings is 1. The maximum absolute atomic E-state index is 12.3. The molecule has 3 aromatic rings. The molecule has 0 amide bonds. The Morgan fingerprint density at radius 1 is 1.10 bits per heavy atom. The van der Waals surface area contributed by atoms with Crippen LogP contribution in [0.2, 0.25) is 0 Å². The number of nitrogens with one attached hydrogen (secondary N) is 1. The molecule has 4 heteroatoms. The summed E-state index contributed by atoms with van der Waals surface area (Å²) in [6.07, 6.45) is 0.794. The highest BCUT2D eigenvalue weighted by atomic mass is 16.1. The van der Waals surface area contributed by atoms with Gasteiger partial charge >= 0.3 is 0 Å². The first-order valence-corrected chi connectivity index (χ1v) is 7.20. The Bertz CT molecular complexity index is 867. The summed E-state index contributed by atoms with van der Waals surface area (Å²) >= 11 is 0. The number of fused-ring (bicyclic) bond motifs is 1. The number of H-pyrrole nitrogens is 1. The molecule has 3 rings (SSSR count). The van der Waals surface area contributed by atoms with Crippen LogP contribution in [-0.2, 0) is 6.42 Å². The normalized spacial score (nSPS) is 11.2. The van der Waals surface area contributed by atoms with Crippen molar-refractivity contribution >= 4 is 11.0 Å². The summed E-state index contributed by atoms with van der Waals surface area (Å²) < 4.78 is 1.84. The molecule has 4 nitrogen and oxygen atoms in total. The van der Waals surface area contributed by atoms with Crippen LogP contribution in [0.1, 0.15) is 29.4 Å². The number of rotatable bonds is 2. The van der Waals surface area contributed by atoms with Crippen LogP contribution in [0.15, 0.2) is 29.1 Å². The summed E-state index contributed by atoms with van der Waals surface area (Å²) in [5, 5.41) is 5.24. The van der Waals surface area contributed by atoms with Gasteiger partial charge in [0.1, 0.15) is 5.65 Å². The quantitative estimate of drug-likeness (QED) is 0.784. The van der Waals surface area contributed by atoms with Crippen LogP contribution in [0.4, 0.5) is 0 Å². The first-order valence-electron chi connectivity index (χ1n) is 7.20. The molecule has 0 saturated heterocycles.